The molecule has 1 aliphatic heterocycles. The van der Waals surface area contributed by atoms with Crippen LogP contribution < -0.4 is 5.01 Å². The number of para-hydroxylation sites is 1. The molecule has 1 heterocycles. The number of rotatable bonds is 2. The normalized spacial score (nSPS) is 16.3. The van der Waals surface area contributed by atoms with Gasteiger partial charge < -0.3 is 0 Å². The van der Waals surface area contributed by atoms with E-state index in [0.717, 1.165) is 22.5 Å². The molecule has 2 aromatic carbocycles. The molecule has 22 heavy (non-hydrogen) atoms. The maximum Gasteiger partial charge on any atom is 0.280 e. The van der Waals surface area contributed by atoms with Crippen molar-refractivity contribution in [2.45, 2.75) is 20.8 Å². The van der Waals surface area contributed by atoms with Gasteiger partial charge in [-0.2, -0.15) is 10.1 Å². The lowest BCUT2D eigenvalue weighted by Crippen LogP contribution is -2.22. The van der Waals surface area contributed by atoms with E-state index >= 15 is 0 Å². The molecule has 0 aliphatic carbocycles. The fourth-order valence-corrected chi connectivity index (χ4v) is 2.48. The van der Waals surface area contributed by atoms with E-state index in [9.17, 15) is 4.79 Å². The molecule has 0 N–H and O–H groups in total. The average molecular weight is 290 g/mol. The molecule has 1 amide bonds. The number of hydrazone groups is 1. The van der Waals surface area contributed by atoms with Crippen LogP contribution in [0.5, 0.6) is 0 Å². The summed E-state index contributed by atoms with van der Waals surface area (Å²) in [5, 5.41) is 5.92. The monoisotopic (exact) mass is 290 g/mol. The highest BCUT2D eigenvalue weighted by atomic mass is 16.2. The quantitative estimate of drug-likeness (QED) is 0.766. The van der Waals surface area contributed by atoms with Gasteiger partial charge in [0.1, 0.15) is 0 Å². The topological polar surface area (TPSA) is 32.7 Å². The summed E-state index contributed by atoms with van der Waals surface area (Å²) in [4.78, 5) is 12.7. The van der Waals surface area contributed by atoms with Crippen molar-refractivity contribution in [1.82, 2.24) is 0 Å². The van der Waals surface area contributed by atoms with E-state index in [2.05, 4.69) is 5.10 Å². The molecule has 0 spiro atoms. The third-order valence-corrected chi connectivity index (χ3v) is 3.79. The van der Waals surface area contributed by atoms with Gasteiger partial charge in [0.15, 0.2) is 0 Å². The lowest BCUT2D eigenvalue weighted by Gasteiger charge is -2.14. The summed E-state index contributed by atoms with van der Waals surface area (Å²) in [6.45, 7) is 5.90. The number of aryl methyl sites for hydroxylation is 2. The molecular weight excluding hydrogens is 272 g/mol. The average Bonchev–Trinajstić information content (AvgIpc) is 2.78. The first-order valence-electron chi connectivity index (χ1n) is 7.30. The number of nitrogens with zero attached hydrogens (tertiary/aromatic N) is 2. The van der Waals surface area contributed by atoms with Crippen molar-refractivity contribution in [3.63, 3.8) is 0 Å². The van der Waals surface area contributed by atoms with E-state index < -0.39 is 0 Å². The van der Waals surface area contributed by atoms with Crippen LogP contribution in [-0.4, -0.2) is 11.6 Å². The highest BCUT2D eigenvalue weighted by Crippen LogP contribution is 2.27. The Labute approximate surface area is 130 Å². The summed E-state index contributed by atoms with van der Waals surface area (Å²) >= 11 is 0. The predicted octanol–water partition coefficient (Wildman–Crippen LogP) is 4.11. The van der Waals surface area contributed by atoms with Gasteiger partial charge in [0.2, 0.25) is 0 Å². The van der Waals surface area contributed by atoms with Gasteiger partial charge in [-0.05, 0) is 44.0 Å². The molecule has 0 radical (unpaired) electrons. The Balaban J connectivity index is 1.97. The second kappa shape index (κ2) is 5.60. The summed E-state index contributed by atoms with van der Waals surface area (Å²) < 4.78 is 0. The van der Waals surface area contributed by atoms with E-state index in [4.69, 9.17) is 0 Å². The molecule has 2 aromatic rings. The number of carbonyl (C=O) groups is 1. The zero-order valence-corrected chi connectivity index (χ0v) is 13.0. The van der Waals surface area contributed by atoms with Crippen molar-refractivity contribution in [2.75, 3.05) is 5.01 Å². The number of hydrogen-bond donors (Lipinski definition) is 0. The predicted molar refractivity (Wildman–Crippen MR) is 90.9 cm³/mol. The fourth-order valence-electron chi connectivity index (χ4n) is 2.48. The standard InChI is InChI=1S/C19H18N2O/c1-13-8-10-16(11-9-13)12-17-15(3)20-21(19(17)22)18-7-5-4-6-14(18)2/h4-12H,1-3H3/b17-12+. The van der Waals surface area contributed by atoms with Crippen molar-refractivity contribution in [3.05, 3.63) is 70.8 Å². The zero-order valence-electron chi connectivity index (χ0n) is 13.0. The van der Waals surface area contributed by atoms with Gasteiger partial charge in [-0.15, -0.1) is 0 Å². The van der Waals surface area contributed by atoms with Gasteiger partial charge >= 0.3 is 0 Å². The van der Waals surface area contributed by atoms with Gasteiger partial charge in [0.05, 0.1) is 17.0 Å². The van der Waals surface area contributed by atoms with Gasteiger partial charge in [-0.1, -0.05) is 48.0 Å². The Morgan fingerprint density at radius 1 is 0.955 bits per heavy atom. The lowest BCUT2D eigenvalue weighted by atomic mass is 10.1. The maximum absolute atomic E-state index is 12.7. The van der Waals surface area contributed by atoms with E-state index in [1.807, 2.05) is 75.4 Å². The van der Waals surface area contributed by atoms with Crippen molar-refractivity contribution >= 4 is 23.4 Å². The van der Waals surface area contributed by atoms with Crippen LogP contribution >= 0.6 is 0 Å². The van der Waals surface area contributed by atoms with Crippen molar-refractivity contribution in [1.29, 1.82) is 0 Å². The van der Waals surface area contributed by atoms with E-state index in [1.165, 1.54) is 10.6 Å². The van der Waals surface area contributed by atoms with Gasteiger partial charge in [0, 0.05) is 0 Å². The maximum atomic E-state index is 12.7. The minimum atomic E-state index is -0.0765. The van der Waals surface area contributed by atoms with Gasteiger partial charge in [-0.25, -0.2) is 0 Å². The molecule has 110 valence electrons. The van der Waals surface area contributed by atoms with Gasteiger partial charge in [0.25, 0.3) is 5.91 Å². The molecule has 3 rings (SSSR count). The Bertz CT molecular complexity index is 785. The van der Waals surface area contributed by atoms with Crippen LogP contribution in [0.3, 0.4) is 0 Å². The number of anilines is 1. The Hall–Kier alpha value is -2.68. The number of benzene rings is 2. The molecule has 3 nitrogen and oxygen atoms in total. The van der Waals surface area contributed by atoms with Crippen LogP contribution in [-0.2, 0) is 4.79 Å². The SMILES string of the molecule is CC1=NN(c2ccccc2C)C(=O)/C1=C/c1ccc(C)cc1. The largest absolute Gasteiger partial charge is 0.280 e. The van der Waals surface area contributed by atoms with Crippen molar-refractivity contribution < 1.29 is 4.79 Å². The zero-order chi connectivity index (χ0) is 15.7. The first-order chi connectivity index (χ1) is 10.6. The number of carbonyl (C=O) groups excluding carboxylic acids is 1. The molecule has 0 unspecified atom stereocenters. The van der Waals surface area contributed by atoms with Gasteiger partial charge in [-0.3, -0.25) is 4.79 Å². The van der Waals surface area contributed by atoms with Crippen LogP contribution in [0.1, 0.15) is 23.6 Å². The summed E-state index contributed by atoms with van der Waals surface area (Å²) in [7, 11) is 0. The first kappa shape index (κ1) is 14.3. The van der Waals surface area contributed by atoms with Crippen LogP contribution in [0.15, 0.2) is 59.2 Å². The highest BCUT2D eigenvalue weighted by molar-refractivity contribution is 6.32. The van der Waals surface area contributed by atoms with Crippen molar-refractivity contribution in [3.8, 4) is 0 Å². The smallest absolute Gasteiger partial charge is 0.267 e. The first-order valence-corrected chi connectivity index (χ1v) is 7.30. The third-order valence-electron chi connectivity index (χ3n) is 3.79. The molecule has 0 fully saturated rings. The molecule has 0 bridgehead atoms. The summed E-state index contributed by atoms with van der Waals surface area (Å²) in [6, 6.07) is 15.9. The molecule has 1 aliphatic rings. The third kappa shape index (κ3) is 2.58. The Morgan fingerprint density at radius 3 is 2.32 bits per heavy atom. The lowest BCUT2D eigenvalue weighted by molar-refractivity contribution is -0.114. The summed E-state index contributed by atoms with van der Waals surface area (Å²) in [5.41, 5.74) is 5.46. The van der Waals surface area contributed by atoms with Crippen LogP contribution in [0.2, 0.25) is 0 Å². The number of amides is 1. The number of hydrogen-bond acceptors (Lipinski definition) is 2. The van der Waals surface area contributed by atoms with E-state index in [1.54, 1.807) is 0 Å². The molecule has 0 atom stereocenters. The summed E-state index contributed by atoms with van der Waals surface area (Å²) in [5.74, 6) is -0.0765. The molecule has 0 saturated heterocycles. The van der Waals surface area contributed by atoms with Crippen LogP contribution in [0, 0.1) is 13.8 Å². The minimum absolute atomic E-state index is 0.0765. The Morgan fingerprint density at radius 2 is 1.64 bits per heavy atom. The van der Waals surface area contributed by atoms with Crippen LogP contribution in [0.25, 0.3) is 6.08 Å². The second-order valence-electron chi connectivity index (χ2n) is 5.56. The molecular formula is C19H18N2O. The van der Waals surface area contributed by atoms with E-state index in [0.29, 0.717) is 5.57 Å². The van der Waals surface area contributed by atoms with E-state index in [-0.39, 0.29) is 5.91 Å². The molecule has 0 aromatic heterocycles. The second-order valence-corrected chi connectivity index (χ2v) is 5.56. The Kier molecular flexibility index (Phi) is 3.63. The minimum Gasteiger partial charge on any atom is -0.267 e. The summed E-state index contributed by atoms with van der Waals surface area (Å²) in [6.07, 6.45) is 1.90. The fraction of sp³-hybridized carbons (Fsp3) is 0.158. The molecule has 3 heteroatoms. The molecule has 0 saturated carbocycles. The van der Waals surface area contributed by atoms with Crippen molar-refractivity contribution in [2.24, 2.45) is 5.10 Å². The van der Waals surface area contributed by atoms with Crippen LogP contribution in [0.4, 0.5) is 5.69 Å². The highest BCUT2D eigenvalue weighted by Gasteiger charge is 2.29.